The number of fused-ring (bicyclic) bond motifs is 1. The van der Waals surface area contributed by atoms with Crippen LogP contribution in [0.5, 0.6) is 5.75 Å². The van der Waals surface area contributed by atoms with E-state index < -0.39 is 11.9 Å². The molecular formula is C17H14Cl3NO3. The third-order valence-corrected chi connectivity index (χ3v) is 4.47. The first kappa shape index (κ1) is 18.5. The zero-order valence-electron chi connectivity index (χ0n) is 12.6. The van der Waals surface area contributed by atoms with E-state index in [1.54, 1.807) is 13.1 Å². The van der Waals surface area contributed by atoms with Gasteiger partial charge in [-0.1, -0.05) is 53.0 Å². The fourth-order valence-electron chi connectivity index (χ4n) is 2.10. The normalized spacial score (nSPS) is 11.7. The second-order valence-electron chi connectivity index (χ2n) is 5.07. The first-order chi connectivity index (χ1) is 11.3. The number of carboxylic acid groups (broad SMARTS) is 1. The summed E-state index contributed by atoms with van der Waals surface area (Å²) in [4.78, 5) is 13.9. The summed E-state index contributed by atoms with van der Waals surface area (Å²) in [5.41, 5.74) is 1.82. The minimum absolute atomic E-state index is 0.0592. The lowest BCUT2D eigenvalue weighted by atomic mass is 10.0. The Morgan fingerprint density at radius 1 is 1.08 bits per heavy atom. The Hall–Kier alpha value is -1.88. The van der Waals surface area contributed by atoms with Gasteiger partial charge in [0.05, 0.1) is 21.0 Å². The number of hydrogen-bond acceptors (Lipinski definition) is 2. The van der Waals surface area contributed by atoms with Crippen molar-refractivity contribution in [3.63, 3.8) is 0 Å². The predicted octanol–water partition coefficient (Wildman–Crippen LogP) is 5.71. The van der Waals surface area contributed by atoms with Crippen LogP contribution in [0.25, 0.3) is 10.9 Å². The van der Waals surface area contributed by atoms with Crippen molar-refractivity contribution in [2.24, 2.45) is 0 Å². The molecule has 1 unspecified atom stereocenters. The molecule has 0 saturated heterocycles. The number of para-hydroxylation sites is 1. The first-order valence-electron chi connectivity index (χ1n) is 6.93. The third-order valence-electron chi connectivity index (χ3n) is 3.45. The number of aromatic hydroxyl groups is 1. The minimum Gasteiger partial charge on any atom is -0.506 e. The lowest BCUT2D eigenvalue weighted by Gasteiger charge is -2.03. The third kappa shape index (κ3) is 4.15. The summed E-state index contributed by atoms with van der Waals surface area (Å²) < 4.78 is 0. The fourth-order valence-corrected chi connectivity index (χ4v) is 2.64. The predicted molar refractivity (Wildman–Crippen MR) is 97.5 cm³/mol. The molecule has 7 heteroatoms. The van der Waals surface area contributed by atoms with Crippen LogP contribution in [-0.2, 0) is 4.79 Å². The van der Waals surface area contributed by atoms with E-state index in [0.29, 0.717) is 10.0 Å². The number of nitrogens with one attached hydrogen (secondary N) is 1. The Morgan fingerprint density at radius 2 is 1.71 bits per heavy atom. The van der Waals surface area contributed by atoms with Gasteiger partial charge in [0.1, 0.15) is 5.75 Å². The van der Waals surface area contributed by atoms with E-state index in [2.05, 4.69) is 4.98 Å². The number of phenols is 1. The summed E-state index contributed by atoms with van der Waals surface area (Å²) in [6.07, 6.45) is 1.77. The molecule has 126 valence electrons. The molecule has 0 radical (unpaired) electrons. The standard InChI is InChI=1S/C11H11NO2.C6H3Cl3O/c1-7(11(13)14)9-6-12-10-5-3-2-4-8(9)10;7-3-1-5(9)6(10)2-4(3)8/h2-7,12H,1H3,(H,13,14);1-2,10H. The number of halogens is 3. The van der Waals surface area contributed by atoms with Crippen molar-refractivity contribution < 1.29 is 15.0 Å². The number of H-pyrrole nitrogens is 1. The van der Waals surface area contributed by atoms with E-state index in [4.69, 9.17) is 45.0 Å². The van der Waals surface area contributed by atoms with Crippen LogP contribution in [0.15, 0.2) is 42.6 Å². The van der Waals surface area contributed by atoms with Crippen molar-refractivity contribution in [3.05, 3.63) is 63.2 Å². The smallest absolute Gasteiger partial charge is 0.310 e. The summed E-state index contributed by atoms with van der Waals surface area (Å²) in [7, 11) is 0. The summed E-state index contributed by atoms with van der Waals surface area (Å²) in [5, 5.41) is 19.7. The second-order valence-corrected chi connectivity index (χ2v) is 6.29. The van der Waals surface area contributed by atoms with Crippen LogP contribution >= 0.6 is 34.8 Å². The van der Waals surface area contributed by atoms with Crippen LogP contribution in [0, 0.1) is 0 Å². The molecule has 0 aliphatic carbocycles. The van der Waals surface area contributed by atoms with Crippen LogP contribution in [0.4, 0.5) is 0 Å². The Kier molecular flexibility index (Phi) is 5.99. The molecule has 0 fully saturated rings. The maximum Gasteiger partial charge on any atom is 0.310 e. The van der Waals surface area contributed by atoms with Crippen molar-refractivity contribution >= 4 is 51.7 Å². The van der Waals surface area contributed by atoms with Gasteiger partial charge in [-0.3, -0.25) is 4.79 Å². The van der Waals surface area contributed by atoms with E-state index in [9.17, 15) is 4.79 Å². The Balaban J connectivity index is 0.000000185. The first-order valence-corrected chi connectivity index (χ1v) is 8.07. The highest BCUT2D eigenvalue weighted by Gasteiger charge is 2.16. The topological polar surface area (TPSA) is 73.3 Å². The van der Waals surface area contributed by atoms with Gasteiger partial charge in [-0.25, -0.2) is 0 Å². The van der Waals surface area contributed by atoms with Crippen molar-refractivity contribution in [1.29, 1.82) is 0 Å². The average molecular weight is 387 g/mol. The van der Waals surface area contributed by atoms with E-state index in [1.807, 2.05) is 24.3 Å². The van der Waals surface area contributed by atoms with Gasteiger partial charge in [0.25, 0.3) is 0 Å². The van der Waals surface area contributed by atoms with Crippen LogP contribution < -0.4 is 0 Å². The molecule has 1 heterocycles. The molecule has 0 aliphatic heterocycles. The largest absolute Gasteiger partial charge is 0.506 e. The molecule has 1 aromatic heterocycles. The van der Waals surface area contributed by atoms with Crippen LogP contribution in [0.1, 0.15) is 18.4 Å². The average Bonchev–Trinajstić information content (AvgIpc) is 2.97. The highest BCUT2D eigenvalue weighted by molar-refractivity contribution is 6.43. The van der Waals surface area contributed by atoms with Gasteiger partial charge in [0.15, 0.2) is 0 Å². The number of phenolic OH excluding ortho intramolecular Hbond substituents is 1. The maximum atomic E-state index is 10.8. The molecular weight excluding hydrogens is 373 g/mol. The second kappa shape index (κ2) is 7.79. The molecule has 0 aliphatic rings. The van der Waals surface area contributed by atoms with Crippen molar-refractivity contribution in [3.8, 4) is 5.75 Å². The van der Waals surface area contributed by atoms with Gasteiger partial charge in [0.2, 0.25) is 0 Å². The molecule has 0 saturated carbocycles. The zero-order chi connectivity index (χ0) is 17.9. The quantitative estimate of drug-likeness (QED) is 0.494. The van der Waals surface area contributed by atoms with E-state index in [0.717, 1.165) is 16.5 Å². The van der Waals surface area contributed by atoms with E-state index >= 15 is 0 Å². The molecule has 3 N–H and O–H groups in total. The van der Waals surface area contributed by atoms with Gasteiger partial charge in [-0.15, -0.1) is 0 Å². The Labute approximate surface area is 153 Å². The van der Waals surface area contributed by atoms with Crippen molar-refractivity contribution in [2.75, 3.05) is 0 Å². The fraction of sp³-hybridized carbons (Fsp3) is 0.118. The Bertz CT molecular complexity index is 826. The van der Waals surface area contributed by atoms with E-state index in [-0.39, 0.29) is 10.8 Å². The summed E-state index contributed by atoms with van der Waals surface area (Å²) in [6, 6.07) is 10.4. The van der Waals surface area contributed by atoms with Gasteiger partial charge >= 0.3 is 5.97 Å². The highest BCUT2D eigenvalue weighted by Crippen LogP contribution is 2.32. The molecule has 24 heavy (non-hydrogen) atoms. The summed E-state index contributed by atoms with van der Waals surface area (Å²) in [5.74, 6) is -1.32. The number of aromatic nitrogens is 1. The highest BCUT2D eigenvalue weighted by atomic mass is 35.5. The number of aromatic amines is 1. The van der Waals surface area contributed by atoms with Gasteiger partial charge in [-0.2, -0.15) is 0 Å². The van der Waals surface area contributed by atoms with Crippen molar-refractivity contribution in [2.45, 2.75) is 12.8 Å². The molecule has 0 bridgehead atoms. The number of carbonyl (C=O) groups is 1. The van der Waals surface area contributed by atoms with Crippen LogP contribution in [-0.4, -0.2) is 21.2 Å². The zero-order valence-corrected chi connectivity index (χ0v) is 14.8. The van der Waals surface area contributed by atoms with Crippen molar-refractivity contribution in [1.82, 2.24) is 4.98 Å². The van der Waals surface area contributed by atoms with Gasteiger partial charge in [0, 0.05) is 23.2 Å². The number of rotatable bonds is 2. The molecule has 4 nitrogen and oxygen atoms in total. The Morgan fingerprint density at radius 3 is 2.33 bits per heavy atom. The summed E-state index contributed by atoms with van der Waals surface area (Å²) in [6.45, 7) is 1.69. The molecule has 3 rings (SSSR count). The minimum atomic E-state index is -0.797. The molecule has 0 amide bonds. The van der Waals surface area contributed by atoms with Gasteiger partial charge in [-0.05, 0) is 24.6 Å². The molecule has 2 aromatic carbocycles. The number of aliphatic carboxylic acids is 1. The van der Waals surface area contributed by atoms with Crippen LogP contribution in [0.3, 0.4) is 0 Å². The van der Waals surface area contributed by atoms with E-state index in [1.165, 1.54) is 12.1 Å². The lowest BCUT2D eigenvalue weighted by molar-refractivity contribution is -0.138. The van der Waals surface area contributed by atoms with Crippen LogP contribution in [0.2, 0.25) is 15.1 Å². The monoisotopic (exact) mass is 385 g/mol. The lowest BCUT2D eigenvalue weighted by Crippen LogP contribution is -2.06. The molecule has 0 spiro atoms. The maximum absolute atomic E-state index is 10.8. The van der Waals surface area contributed by atoms with Gasteiger partial charge < -0.3 is 15.2 Å². The number of hydrogen-bond donors (Lipinski definition) is 3. The number of benzene rings is 2. The summed E-state index contributed by atoms with van der Waals surface area (Å²) >= 11 is 16.6. The molecule has 3 aromatic rings. The SMILES string of the molecule is CC(C(=O)O)c1c[nH]c2ccccc12.Oc1cc(Cl)c(Cl)cc1Cl. The number of carboxylic acids is 1. The molecule has 1 atom stereocenters.